The SMILES string of the molecule is COc1ccc(OCc2ccc(C)cc2)c(C=C2SC(=S)N(C)C2=O)c1. The van der Waals surface area contributed by atoms with Crippen molar-refractivity contribution < 1.29 is 14.3 Å². The van der Waals surface area contributed by atoms with Gasteiger partial charge in [-0.1, -0.05) is 53.8 Å². The lowest BCUT2D eigenvalue weighted by atomic mass is 10.1. The van der Waals surface area contributed by atoms with Crippen LogP contribution in [0, 0.1) is 6.92 Å². The number of thioether (sulfide) groups is 1. The van der Waals surface area contributed by atoms with E-state index in [1.165, 1.54) is 22.2 Å². The number of likely N-dealkylation sites (N-methyl/N-ethyl adjacent to an activating group) is 1. The van der Waals surface area contributed by atoms with Crippen LogP contribution in [0.1, 0.15) is 16.7 Å². The van der Waals surface area contributed by atoms with Crippen LogP contribution in [0.3, 0.4) is 0 Å². The summed E-state index contributed by atoms with van der Waals surface area (Å²) in [4.78, 5) is 14.3. The molecule has 0 aliphatic carbocycles. The summed E-state index contributed by atoms with van der Waals surface area (Å²) in [6.07, 6.45) is 1.80. The van der Waals surface area contributed by atoms with Crippen molar-refractivity contribution in [3.05, 3.63) is 64.1 Å². The zero-order valence-electron chi connectivity index (χ0n) is 14.8. The molecule has 4 nitrogen and oxygen atoms in total. The highest BCUT2D eigenvalue weighted by molar-refractivity contribution is 8.26. The molecule has 0 aromatic heterocycles. The van der Waals surface area contributed by atoms with Gasteiger partial charge in [0.15, 0.2) is 0 Å². The first-order chi connectivity index (χ1) is 12.5. The Morgan fingerprint density at radius 1 is 1.19 bits per heavy atom. The Morgan fingerprint density at radius 3 is 2.54 bits per heavy atom. The molecule has 0 spiro atoms. The number of hydrogen-bond acceptors (Lipinski definition) is 5. The number of aryl methyl sites for hydroxylation is 1. The van der Waals surface area contributed by atoms with Gasteiger partial charge in [-0.05, 0) is 36.8 Å². The third-order valence-corrected chi connectivity index (χ3v) is 5.49. The second-order valence-electron chi connectivity index (χ2n) is 5.92. The predicted octanol–water partition coefficient (Wildman–Crippen LogP) is 4.41. The van der Waals surface area contributed by atoms with E-state index in [4.69, 9.17) is 21.7 Å². The Hall–Kier alpha value is -2.31. The van der Waals surface area contributed by atoms with Crippen molar-refractivity contribution in [3.63, 3.8) is 0 Å². The molecule has 3 rings (SSSR count). The van der Waals surface area contributed by atoms with E-state index in [0.717, 1.165) is 11.1 Å². The number of ether oxygens (including phenoxy) is 2. The maximum absolute atomic E-state index is 12.3. The molecule has 0 N–H and O–H groups in total. The fourth-order valence-corrected chi connectivity index (χ4v) is 3.60. The summed E-state index contributed by atoms with van der Waals surface area (Å²) in [5, 5.41) is 0. The first-order valence-corrected chi connectivity index (χ1v) is 9.28. The van der Waals surface area contributed by atoms with E-state index in [1.54, 1.807) is 20.2 Å². The molecule has 1 amide bonds. The maximum atomic E-state index is 12.3. The molecule has 1 heterocycles. The van der Waals surface area contributed by atoms with Gasteiger partial charge in [0.05, 0.1) is 12.0 Å². The summed E-state index contributed by atoms with van der Waals surface area (Å²) in [5.74, 6) is 1.28. The zero-order chi connectivity index (χ0) is 18.7. The van der Waals surface area contributed by atoms with Crippen molar-refractivity contribution in [2.45, 2.75) is 13.5 Å². The molecule has 1 fully saturated rings. The summed E-state index contributed by atoms with van der Waals surface area (Å²) in [5.41, 5.74) is 3.07. The van der Waals surface area contributed by atoms with Crippen LogP contribution in [0.2, 0.25) is 0 Å². The van der Waals surface area contributed by atoms with E-state index in [9.17, 15) is 4.79 Å². The lowest BCUT2D eigenvalue weighted by Gasteiger charge is -2.11. The molecule has 1 aliphatic rings. The van der Waals surface area contributed by atoms with Crippen molar-refractivity contribution in [1.29, 1.82) is 0 Å². The van der Waals surface area contributed by atoms with E-state index in [-0.39, 0.29) is 5.91 Å². The Kier molecular flexibility index (Phi) is 5.64. The molecular weight excluding hydrogens is 366 g/mol. The van der Waals surface area contributed by atoms with Gasteiger partial charge in [-0.25, -0.2) is 0 Å². The van der Waals surface area contributed by atoms with Crippen LogP contribution in [-0.4, -0.2) is 29.3 Å². The molecular formula is C20H19NO3S2. The smallest absolute Gasteiger partial charge is 0.265 e. The topological polar surface area (TPSA) is 38.8 Å². The molecule has 1 saturated heterocycles. The van der Waals surface area contributed by atoms with Crippen LogP contribution in [0.25, 0.3) is 6.08 Å². The van der Waals surface area contributed by atoms with Crippen molar-refractivity contribution in [2.24, 2.45) is 0 Å². The maximum Gasteiger partial charge on any atom is 0.265 e. The van der Waals surface area contributed by atoms with Gasteiger partial charge >= 0.3 is 0 Å². The van der Waals surface area contributed by atoms with E-state index in [2.05, 4.69) is 19.1 Å². The number of nitrogens with zero attached hydrogens (tertiary/aromatic N) is 1. The molecule has 26 heavy (non-hydrogen) atoms. The molecule has 0 atom stereocenters. The van der Waals surface area contributed by atoms with Crippen molar-refractivity contribution in [1.82, 2.24) is 4.90 Å². The van der Waals surface area contributed by atoms with Crippen molar-refractivity contribution in [3.8, 4) is 11.5 Å². The normalized spacial score (nSPS) is 15.7. The fraction of sp³-hybridized carbons (Fsp3) is 0.200. The first-order valence-electron chi connectivity index (χ1n) is 8.06. The summed E-state index contributed by atoms with van der Waals surface area (Å²) < 4.78 is 11.8. The van der Waals surface area contributed by atoms with E-state index >= 15 is 0 Å². The Bertz CT molecular complexity index is 875. The van der Waals surface area contributed by atoms with Crippen LogP contribution in [0.4, 0.5) is 0 Å². The third-order valence-electron chi connectivity index (χ3n) is 4.01. The minimum Gasteiger partial charge on any atom is -0.497 e. The number of rotatable bonds is 5. The van der Waals surface area contributed by atoms with Crippen LogP contribution in [0.15, 0.2) is 47.4 Å². The highest BCUT2D eigenvalue weighted by atomic mass is 32.2. The third kappa shape index (κ3) is 4.08. The molecule has 1 aliphatic heterocycles. The molecule has 6 heteroatoms. The molecule has 0 radical (unpaired) electrons. The number of carbonyl (C=O) groups excluding carboxylic acids is 1. The lowest BCUT2D eigenvalue weighted by Crippen LogP contribution is -2.22. The van der Waals surface area contributed by atoms with Crippen LogP contribution >= 0.6 is 24.0 Å². The molecule has 2 aromatic rings. The van der Waals surface area contributed by atoms with Gasteiger partial charge in [0, 0.05) is 12.6 Å². The molecule has 0 saturated carbocycles. The number of benzene rings is 2. The van der Waals surface area contributed by atoms with Crippen molar-refractivity contribution >= 4 is 40.3 Å². The average molecular weight is 386 g/mol. The lowest BCUT2D eigenvalue weighted by molar-refractivity contribution is -0.121. The molecule has 2 aromatic carbocycles. The summed E-state index contributed by atoms with van der Waals surface area (Å²) in [6, 6.07) is 13.7. The van der Waals surface area contributed by atoms with E-state index in [1.807, 2.05) is 30.3 Å². The zero-order valence-corrected chi connectivity index (χ0v) is 16.4. The van der Waals surface area contributed by atoms with Gasteiger partial charge in [0.1, 0.15) is 22.4 Å². The van der Waals surface area contributed by atoms with Gasteiger partial charge in [-0.3, -0.25) is 9.69 Å². The molecule has 0 unspecified atom stereocenters. The largest absolute Gasteiger partial charge is 0.497 e. The standard InChI is InChI=1S/C20H19NO3S2/c1-13-4-6-14(7-5-13)12-24-17-9-8-16(23-3)10-15(17)11-18-19(22)21(2)20(25)26-18/h4-11H,12H2,1-3H3. The Morgan fingerprint density at radius 2 is 1.92 bits per heavy atom. The summed E-state index contributed by atoms with van der Waals surface area (Å²) in [6.45, 7) is 2.50. The quantitative estimate of drug-likeness (QED) is 0.563. The Labute approximate surface area is 162 Å². The van der Waals surface area contributed by atoms with Crippen molar-refractivity contribution in [2.75, 3.05) is 14.2 Å². The van der Waals surface area contributed by atoms with Crippen LogP contribution in [0.5, 0.6) is 11.5 Å². The van der Waals surface area contributed by atoms with E-state index in [0.29, 0.717) is 27.3 Å². The fourth-order valence-electron chi connectivity index (χ4n) is 2.43. The van der Waals surface area contributed by atoms with Gasteiger partial charge in [-0.2, -0.15) is 0 Å². The summed E-state index contributed by atoms with van der Waals surface area (Å²) >= 11 is 6.48. The molecule has 134 valence electrons. The number of thiocarbonyl (C=S) groups is 1. The van der Waals surface area contributed by atoms with Crippen LogP contribution in [-0.2, 0) is 11.4 Å². The number of amides is 1. The second kappa shape index (κ2) is 7.93. The highest BCUT2D eigenvalue weighted by Crippen LogP contribution is 2.34. The van der Waals surface area contributed by atoms with Gasteiger partial charge < -0.3 is 9.47 Å². The second-order valence-corrected chi connectivity index (χ2v) is 7.59. The summed E-state index contributed by atoms with van der Waals surface area (Å²) in [7, 11) is 3.29. The first kappa shape index (κ1) is 18.5. The minimum absolute atomic E-state index is 0.104. The van der Waals surface area contributed by atoms with Gasteiger partial charge in [0.2, 0.25) is 0 Å². The predicted molar refractivity (Wildman–Crippen MR) is 109 cm³/mol. The number of carbonyl (C=O) groups is 1. The van der Waals surface area contributed by atoms with Gasteiger partial charge in [0.25, 0.3) is 5.91 Å². The van der Waals surface area contributed by atoms with Crippen LogP contribution < -0.4 is 9.47 Å². The molecule has 0 bridgehead atoms. The number of methoxy groups -OCH3 is 1. The van der Waals surface area contributed by atoms with Gasteiger partial charge in [-0.15, -0.1) is 0 Å². The average Bonchev–Trinajstić information content (AvgIpc) is 2.88. The van der Waals surface area contributed by atoms with E-state index < -0.39 is 0 Å². The number of hydrogen-bond donors (Lipinski definition) is 0. The monoisotopic (exact) mass is 385 g/mol. The Balaban J connectivity index is 1.87. The minimum atomic E-state index is -0.104. The highest BCUT2D eigenvalue weighted by Gasteiger charge is 2.29.